The van der Waals surface area contributed by atoms with Gasteiger partial charge in [-0.05, 0) is 49.5 Å². The molecule has 2 saturated heterocycles. The molecule has 2 aromatic heterocycles. The van der Waals surface area contributed by atoms with Crippen LogP contribution in [-0.4, -0.2) is 78.4 Å². The first-order valence-corrected chi connectivity index (χ1v) is 14.5. The summed E-state index contributed by atoms with van der Waals surface area (Å²) in [6.45, 7) is 5.55. The normalized spacial score (nSPS) is 27.9. The van der Waals surface area contributed by atoms with Crippen LogP contribution in [0.3, 0.4) is 0 Å². The van der Waals surface area contributed by atoms with Crippen molar-refractivity contribution in [1.29, 1.82) is 0 Å². The molecule has 5 heterocycles. The third-order valence-electron chi connectivity index (χ3n) is 8.98. The number of hydrogen-bond acceptors (Lipinski definition) is 11. The summed E-state index contributed by atoms with van der Waals surface area (Å²) in [6.07, 6.45) is 9.16. The summed E-state index contributed by atoms with van der Waals surface area (Å²) in [5.74, 6) is 2.97. The lowest BCUT2D eigenvalue weighted by molar-refractivity contribution is -0.0647. The Bertz CT molecular complexity index is 1150. The average molecular weight is 543 g/mol. The zero-order valence-electron chi connectivity index (χ0n) is 22.2. The molecule has 2 aromatic rings. The molecule has 10 nitrogen and oxygen atoms in total. The zero-order chi connectivity index (χ0) is 26.3. The monoisotopic (exact) mass is 542 g/mol. The molecule has 4 aliphatic rings. The van der Waals surface area contributed by atoms with Crippen molar-refractivity contribution in [1.82, 2.24) is 15.0 Å². The first kappa shape index (κ1) is 26.1. The van der Waals surface area contributed by atoms with Gasteiger partial charge in [0.25, 0.3) is 0 Å². The number of piperidine rings is 1. The molecule has 206 valence electrons. The molecular weight excluding hydrogens is 504 g/mol. The summed E-state index contributed by atoms with van der Waals surface area (Å²) >= 11 is 1.49. The van der Waals surface area contributed by atoms with Gasteiger partial charge in [0, 0.05) is 39.0 Å². The van der Waals surface area contributed by atoms with Gasteiger partial charge in [-0.15, -0.1) is 0 Å². The van der Waals surface area contributed by atoms with Gasteiger partial charge in [0.1, 0.15) is 24.1 Å². The Labute approximate surface area is 228 Å². The first-order valence-electron chi connectivity index (χ1n) is 13.7. The van der Waals surface area contributed by atoms with Crippen LogP contribution in [0, 0.1) is 11.3 Å². The molecule has 3 aliphatic heterocycles. The Balaban J connectivity index is 1.16. The molecule has 0 radical (unpaired) electrons. The van der Waals surface area contributed by atoms with E-state index in [1.54, 1.807) is 13.3 Å². The molecule has 1 saturated carbocycles. The van der Waals surface area contributed by atoms with E-state index in [9.17, 15) is 5.11 Å². The second kappa shape index (κ2) is 10.8. The van der Waals surface area contributed by atoms with Crippen LogP contribution in [-0.2, 0) is 16.1 Å². The number of rotatable bonds is 7. The summed E-state index contributed by atoms with van der Waals surface area (Å²) < 4.78 is 17.1. The molecule has 0 aromatic carbocycles. The lowest BCUT2D eigenvalue weighted by Crippen LogP contribution is -2.48. The summed E-state index contributed by atoms with van der Waals surface area (Å²) in [6, 6.07) is 2.46. The lowest BCUT2D eigenvalue weighted by Gasteiger charge is -2.43. The van der Waals surface area contributed by atoms with Crippen molar-refractivity contribution in [2.24, 2.45) is 17.1 Å². The molecule has 0 bridgehead atoms. The first-order chi connectivity index (χ1) is 18.5. The molecule has 3 N–H and O–H groups in total. The maximum atomic E-state index is 10.2. The summed E-state index contributed by atoms with van der Waals surface area (Å²) in [5, 5.41) is 10.9. The van der Waals surface area contributed by atoms with E-state index in [-0.39, 0.29) is 37.0 Å². The Morgan fingerprint density at radius 1 is 1.24 bits per heavy atom. The Morgan fingerprint density at radius 2 is 2.08 bits per heavy atom. The zero-order valence-corrected chi connectivity index (χ0v) is 23.0. The van der Waals surface area contributed by atoms with Crippen molar-refractivity contribution < 1.29 is 19.3 Å². The molecule has 3 fully saturated rings. The van der Waals surface area contributed by atoms with Crippen LogP contribution in [0.5, 0.6) is 5.75 Å². The highest BCUT2D eigenvalue weighted by molar-refractivity contribution is 7.99. The number of aliphatic hydroxyl groups is 1. The fraction of sp³-hybridized carbons (Fsp3) is 0.667. The Kier molecular flexibility index (Phi) is 7.38. The second-order valence-corrected chi connectivity index (χ2v) is 12.2. The fourth-order valence-electron chi connectivity index (χ4n) is 6.74. The van der Waals surface area contributed by atoms with Crippen LogP contribution in [0.4, 0.5) is 11.6 Å². The van der Waals surface area contributed by atoms with Crippen LogP contribution in [0.2, 0.25) is 0 Å². The SMILES string of the molecule is COCO[C@H]1C[C@H]2COc3c(Sc4cnc(N5CCC6(CC[C@@H](C)[C@H]6N)CC5)c(CO)n4)ccnc3N2C1. The number of anilines is 2. The molecule has 0 unspecified atom stereocenters. The minimum atomic E-state index is -0.155. The van der Waals surface area contributed by atoms with Gasteiger partial charge < -0.3 is 34.9 Å². The molecular formula is C27H38N6O4S. The maximum Gasteiger partial charge on any atom is 0.175 e. The van der Waals surface area contributed by atoms with E-state index in [2.05, 4.69) is 21.7 Å². The minimum absolute atomic E-state index is 0.0932. The number of nitrogens with two attached hydrogens (primary N) is 1. The Hall–Kier alpha value is -2.18. The van der Waals surface area contributed by atoms with E-state index in [0.29, 0.717) is 18.2 Å². The van der Waals surface area contributed by atoms with Gasteiger partial charge in [-0.3, -0.25) is 0 Å². The van der Waals surface area contributed by atoms with Gasteiger partial charge in [-0.25, -0.2) is 15.0 Å². The predicted molar refractivity (Wildman–Crippen MR) is 145 cm³/mol. The highest BCUT2D eigenvalue weighted by Crippen LogP contribution is 2.49. The van der Waals surface area contributed by atoms with Crippen LogP contribution >= 0.6 is 11.8 Å². The van der Waals surface area contributed by atoms with Crippen LogP contribution in [0.1, 0.15) is 44.7 Å². The lowest BCUT2D eigenvalue weighted by atomic mass is 9.73. The van der Waals surface area contributed by atoms with E-state index >= 15 is 0 Å². The number of aliphatic hydroxyl groups excluding tert-OH is 1. The smallest absolute Gasteiger partial charge is 0.175 e. The highest BCUT2D eigenvalue weighted by Gasteiger charge is 2.46. The molecule has 0 amide bonds. The number of aromatic nitrogens is 3. The van der Waals surface area contributed by atoms with Crippen LogP contribution in [0.25, 0.3) is 0 Å². The van der Waals surface area contributed by atoms with E-state index in [1.165, 1.54) is 24.6 Å². The largest absolute Gasteiger partial charge is 0.486 e. The van der Waals surface area contributed by atoms with E-state index in [1.807, 2.05) is 12.3 Å². The standard InChI is InChI=1S/C27H38N6O4S/c1-17-3-5-27(24(17)28)6-9-32(10-7-27)25-20(14-34)31-22(12-30-25)38-21-4-8-29-26-23(21)36-15-18-11-19(13-33(18)26)37-16-35-2/h4,8,12,17-19,24,34H,3,5-7,9-11,13-16,28H2,1-2H3/t17-,18+,19+,24-/m1/s1. The number of pyridine rings is 1. The van der Waals surface area contributed by atoms with Gasteiger partial charge in [-0.1, -0.05) is 18.7 Å². The van der Waals surface area contributed by atoms with Gasteiger partial charge in [-0.2, -0.15) is 0 Å². The van der Waals surface area contributed by atoms with Crippen LogP contribution in [0.15, 0.2) is 28.4 Å². The van der Waals surface area contributed by atoms with Gasteiger partial charge in [0.2, 0.25) is 0 Å². The van der Waals surface area contributed by atoms with Crippen molar-refractivity contribution in [2.75, 3.05) is 49.9 Å². The van der Waals surface area contributed by atoms with Gasteiger partial charge >= 0.3 is 0 Å². The van der Waals surface area contributed by atoms with Crippen molar-refractivity contribution in [3.05, 3.63) is 24.2 Å². The third kappa shape index (κ3) is 4.72. The number of ether oxygens (including phenoxy) is 3. The van der Waals surface area contributed by atoms with Crippen LogP contribution < -0.4 is 20.3 Å². The fourth-order valence-corrected chi connectivity index (χ4v) is 7.60. The summed E-state index contributed by atoms with van der Waals surface area (Å²) in [5.41, 5.74) is 7.47. The van der Waals surface area contributed by atoms with Crippen molar-refractivity contribution in [2.45, 2.75) is 73.7 Å². The summed E-state index contributed by atoms with van der Waals surface area (Å²) in [7, 11) is 1.64. The quantitative estimate of drug-likeness (QED) is 0.503. The third-order valence-corrected chi connectivity index (χ3v) is 9.93. The maximum absolute atomic E-state index is 10.2. The molecule has 1 spiro atoms. The number of nitrogens with zero attached hydrogens (tertiary/aromatic N) is 5. The van der Waals surface area contributed by atoms with E-state index in [4.69, 9.17) is 29.9 Å². The number of methoxy groups -OCH3 is 1. The molecule has 38 heavy (non-hydrogen) atoms. The predicted octanol–water partition coefficient (Wildman–Crippen LogP) is 2.82. The van der Waals surface area contributed by atoms with Crippen molar-refractivity contribution in [3.63, 3.8) is 0 Å². The van der Waals surface area contributed by atoms with Gasteiger partial charge in [0.15, 0.2) is 17.4 Å². The summed E-state index contributed by atoms with van der Waals surface area (Å²) in [4.78, 5) is 19.7. The van der Waals surface area contributed by atoms with E-state index < -0.39 is 0 Å². The van der Waals surface area contributed by atoms with Crippen molar-refractivity contribution >= 4 is 23.4 Å². The molecule has 4 atom stereocenters. The van der Waals surface area contributed by atoms with Crippen molar-refractivity contribution in [3.8, 4) is 5.75 Å². The molecule has 11 heteroatoms. The van der Waals surface area contributed by atoms with Gasteiger partial charge in [0.05, 0.1) is 29.8 Å². The number of hydrogen-bond donors (Lipinski definition) is 2. The number of fused-ring (bicyclic) bond motifs is 3. The highest BCUT2D eigenvalue weighted by atomic mass is 32.2. The van der Waals surface area contributed by atoms with E-state index in [0.717, 1.165) is 66.2 Å². The Morgan fingerprint density at radius 3 is 2.82 bits per heavy atom. The second-order valence-electron chi connectivity index (χ2n) is 11.1. The molecule has 1 aliphatic carbocycles. The molecule has 6 rings (SSSR count). The topological polar surface area (TPSA) is 119 Å². The minimum Gasteiger partial charge on any atom is -0.486 e. The average Bonchev–Trinajstić information content (AvgIpc) is 3.49.